The fraction of sp³-hybridized carbons (Fsp3) is 0.647. The Morgan fingerprint density at radius 3 is 1.86 bits per heavy atom. The van der Waals surface area contributed by atoms with Crippen molar-refractivity contribution in [3.8, 4) is 0 Å². The van der Waals surface area contributed by atoms with Gasteiger partial charge in [-0.2, -0.15) is 0 Å². The second kappa shape index (κ2) is 4.84. The Balaban J connectivity index is 1.80. The highest BCUT2D eigenvalue weighted by molar-refractivity contribution is 6.62. The van der Waals surface area contributed by atoms with Crippen molar-refractivity contribution in [3.05, 3.63) is 29.8 Å². The van der Waals surface area contributed by atoms with Gasteiger partial charge in [-0.25, -0.2) is 0 Å². The van der Waals surface area contributed by atoms with Gasteiger partial charge in [-0.1, -0.05) is 37.1 Å². The molecular formula is C17H26BNO2. The Hall–Kier alpha value is -0.835. The molecule has 21 heavy (non-hydrogen) atoms. The minimum absolute atomic E-state index is 0.130. The first-order valence-electron chi connectivity index (χ1n) is 7.99. The van der Waals surface area contributed by atoms with E-state index in [0.717, 1.165) is 18.3 Å². The van der Waals surface area contributed by atoms with Crippen molar-refractivity contribution in [2.45, 2.75) is 70.1 Å². The van der Waals surface area contributed by atoms with Crippen LogP contribution in [-0.2, 0) is 14.8 Å². The standard InChI is InChI=1S/C17H26BNO2/c1-15(2)16(3,4)21-18(20-15)14-9-7-13(8-10-14)17(19)11-5-6-12-17/h7-10H,5-6,11-12,19H2,1-4H3. The van der Waals surface area contributed by atoms with Crippen molar-refractivity contribution in [2.75, 3.05) is 0 Å². The van der Waals surface area contributed by atoms with E-state index in [1.54, 1.807) is 0 Å². The molecule has 3 nitrogen and oxygen atoms in total. The van der Waals surface area contributed by atoms with E-state index in [2.05, 4.69) is 52.0 Å². The van der Waals surface area contributed by atoms with Gasteiger partial charge in [0.1, 0.15) is 0 Å². The van der Waals surface area contributed by atoms with Gasteiger partial charge in [-0.3, -0.25) is 0 Å². The summed E-state index contributed by atoms with van der Waals surface area (Å²) in [5.74, 6) is 0. The lowest BCUT2D eigenvalue weighted by Gasteiger charge is -2.32. The molecule has 0 aromatic heterocycles. The van der Waals surface area contributed by atoms with Crippen LogP contribution in [-0.4, -0.2) is 18.3 Å². The Kier molecular flexibility index (Phi) is 3.47. The van der Waals surface area contributed by atoms with Gasteiger partial charge in [-0.05, 0) is 51.6 Å². The van der Waals surface area contributed by atoms with E-state index in [-0.39, 0.29) is 23.9 Å². The van der Waals surface area contributed by atoms with Crippen LogP contribution in [0.2, 0.25) is 0 Å². The zero-order valence-electron chi connectivity index (χ0n) is 13.6. The first-order valence-corrected chi connectivity index (χ1v) is 7.99. The zero-order chi connectivity index (χ0) is 15.3. The molecule has 0 unspecified atom stereocenters. The summed E-state index contributed by atoms with van der Waals surface area (Å²) in [6, 6.07) is 8.49. The van der Waals surface area contributed by atoms with Crippen LogP contribution >= 0.6 is 0 Å². The fourth-order valence-corrected chi connectivity index (χ4v) is 3.25. The Morgan fingerprint density at radius 1 is 0.905 bits per heavy atom. The summed E-state index contributed by atoms with van der Waals surface area (Å²) in [4.78, 5) is 0. The van der Waals surface area contributed by atoms with Crippen LogP contribution in [0.5, 0.6) is 0 Å². The third kappa shape index (κ3) is 2.54. The van der Waals surface area contributed by atoms with Gasteiger partial charge >= 0.3 is 7.12 Å². The smallest absolute Gasteiger partial charge is 0.399 e. The van der Waals surface area contributed by atoms with E-state index in [9.17, 15) is 0 Å². The van der Waals surface area contributed by atoms with Crippen molar-refractivity contribution in [3.63, 3.8) is 0 Å². The van der Waals surface area contributed by atoms with E-state index >= 15 is 0 Å². The molecule has 2 aliphatic rings. The molecule has 2 N–H and O–H groups in total. The number of rotatable bonds is 2. The Bertz CT molecular complexity index is 502. The van der Waals surface area contributed by atoms with Crippen LogP contribution < -0.4 is 11.2 Å². The van der Waals surface area contributed by atoms with Crippen molar-refractivity contribution >= 4 is 12.6 Å². The molecule has 0 spiro atoms. The van der Waals surface area contributed by atoms with E-state index < -0.39 is 0 Å². The molecule has 1 saturated carbocycles. The molecule has 0 atom stereocenters. The largest absolute Gasteiger partial charge is 0.494 e. The maximum atomic E-state index is 6.51. The van der Waals surface area contributed by atoms with Gasteiger partial charge < -0.3 is 15.0 Å². The highest BCUT2D eigenvalue weighted by Gasteiger charge is 2.51. The molecule has 1 aliphatic heterocycles. The Morgan fingerprint density at radius 2 is 1.38 bits per heavy atom. The number of benzene rings is 1. The van der Waals surface area contributed by atoms with Crippen LogP contribution in [0, 0.1) is 0 Å². The molecule has 1 aromatic rings. The molecule has 0 amide bonds. The van der Waals surface area contributed by atoms with Crippen LogP contribution in [0.15, 0.2) is 24.3 Å². The van der Waals surface area contributed by atoms with E-state index in [0.29, 0.717) is 0 Å². The molecule has 3 rings (SSSR count). The lowest BCUT2D eigenvalue weighted by Crippen LogP contribution is -2.41. The van der Waals surface area contributed by atoms with Crippen LogP contribution in [0.1, 0.15) is 58.9 Å². The highest BCUT2D eigenvalue weighted by Crippen LogP contribution is 2.38. The number of hydrogen-bond donors (Lipinski definition) is 1. The van der Waals surface area contributed by atoms with Gasteiger partial charge in [0.2, 0.25) is 0 Å². The maximum absolute atomic E-state index is 6.51. The molecule has 4 heteroatoms. The molecule has 1 heterocycles. The van der Waals surface area contributed by atoms with Crippen molar-refractivity contribution in [2.24, 2.45) is 5.73 Å². The van der Waals surface area contributed by atoms with Crippen LogP contribution in [0.3, 0.4) is 0 Å². The van der Waals surface area contributed by atoms with E-state index in [1.165, 1.54) is 18.4 Å². The molecule has 1 saturated heterocycles. The third-order valence-electron chi connectivity index (χ3n) is 5.51. The molecule has 1 aromatic carbocycles. The topological polar surface area (TPSA) is 44.5 Å². The zero-order valence-corrected chi connectivity index (χ0v) is 13.6. The van der Waals surface area contributed by atoms with Gasteiger partial charge in [0.05, 0.1) is 11.2 Å². The van der Waals surface area contributed by atoms with E-state index in [4.69, 9.17) is 15.0 Å². The van der Waals surface area contributed by atoms with Gasteiger partial charge in [0, 0.05) is 5.54 Å². The fourth-order valence-electron chi connectivity index (χ4n) is 3.25. The summed E-state index contributed by atoms with van der Waals surface area (Å²) in [5, 5.41) is 0. The van der Waals surface area contributed by atoms with Gasteiger partial charge in [-0.15, -0.1) is 0 Å². The Labute approximate surface area is 128 Å². The SMILES string of the molecule is CC1(C)OB(c2ccc(C3(N)CCCC3)cc2)OC1(C)C. The van der Waals surface area contributed by atoms with Crippen LogP contribution in [0.4, 0.5) is 0 Å². The predicted molar refractivity (Wildman–Crippen MR) is 86.5 cm³/mol. The van der Waals surface area contributed by atoms with Gasteiger partial charge in [0.25, 0.3) is 0 Å². The number of hydrogen-bond acceptors (Lipinski definition) is 3. The second-order valence-corrected chi connectivity index (χ2v) is 7.57. The third-order valence-corrected chi connectivity index (χ3v) is 5.51. The minimum atomic E-state index is -0.295. The van der Waals surface area contributed by atoms with Crippen molar-refractivity contribution in [1.82, 2.24) is 0 Å². The summed E-state index contributed by atoms with van der Waals surface area (Å²) in [7, 11) is -0.290. The monoisotopic (exact) mass is 287 g/mol. The summed E-state index contributed by atoms with van der Waals surface area (Å²) < 4.78 is 12.2. The molecule has 114 valence electrons. The number of nitrogens with two attached hydrogens (primary N) is 1. The molecule has 0 bridgehead atoms. The molecular weight excluding hydrogens is 261 g/mol. The van der Waals surface area contributed by atoms with E-state index in [1.807, 2.05) is 0 Å². The summed E-state index contributed by atoms with van der Waals surface area (Å²) in [6.07, 6.45) is 4.64. The molecule has 0 radical (unpaired) electrons. The maximum Gasteiger partial charge on any atom is 0.494 e. The van der Waals surface area contributed by atoms with Crippen molar-refractivity contribution in [1.29, 1.82) is 0 Å². The first kappa shape index (κ1) is 15.1. The minimum Gasteiger partial charge on any atom is -0.399 e. The average Bonchev–Trinajstić information content (AvgIpc) is 2.93. The quantitative estimate of drug-likeness (QED) is 0.851. The normalized spacial score (nSPS) is 26.2. The second-order valence-electron chi connectivity index (χ2n) is 7.57. The van der Waals surface area contributed by atoms with Crippen molar-refractivity contribution < 1.29 is 9.31 Å². The highest BCUT2D eigenvalue weighted by atomic mass is 16.7. The summed E-state index contributed by atoms with van der Waals surface area (Å²) in [6.45, 7) is 8.31. The first-order chi connectivity index (χ1) is 9.74. The molecule has 1 aliphatic carbocycles. The summed E-state index contributed by atoms with van der Waals surface area (Å²) in [5.41, 5.74) is 8.09. The van der Waals surface area contributed by atoms with Gasteiger partial charge in [0.15, 0.2) is 0 Å². The van der Waals surface area contributed by atoms with Crippen LogP contribution in [0.25, 0.3) is 0 Å². The summed E-state index contributed by atoms with van der Waals surface area (Å²) >= 11 is 0. The lowest BCUT2D eigenvalue weighted by molar-refractivity contribution is 0.00578. The molecule has 2 fully saturated rings. The lowest BCUT2D eigenvalue weighted by atomic mass is 9.77. The predicted octanol–water partition coefficient (Wildman–Crippen LogP) is 2.71. The average molecular weight is 287 g/mol.